The molecule has 0 aliphatic heterocycles. The van der Waals surface area contributed by atoms with Gasteiger partial charge in [-0.1, -0.05) is 23.2 Å². The highest BCUT2D eigenvalue weighted by molar-refractivity contribution is 9.10. The number of carbonyl (C=O) groups is 1. The molecule has 7 heteroatoms. The number of anilines is 2. The van der Waals surface area contributed by atoms with E-state index in [0.717, 1.165) is 0 Å². The van der Waals surface area contributed by atoms with E-state index in [-0.39, 0.29) is 15.6 Å². The SMILES string of the molecule is Nc1cc(Cl)c(Cl)c(C(=O)Nc2cccnc2Br)c1. The van der Waals surface area contributed by atoms with E-state index in [4.69, 9.17) is 28.9 Å². The lowest BCUT2D eigenvalue weighted by atomic mass is 10.2. The molecule has 0 spiro atoms. The summed E-state index contributed by atoms with van der Waals surface area (Å²) in [5.41, 5.74) is 6.75. The zero-order valence-corrected chi connectivity index (χ0v) is 12.6. The van der Waals surface area contributed by atoms with Gasteiger partial charge in [-0.15, -0.1) is 0 Å². The highest BCUT2D eigenvalue weighted by atomic mass is 79.9. The fourth-order valence-corrected chi connectivity index (χ4v) is 2.22. The maximum Gasteiger partial charge on any atom is 0.257 e. The van der Waals surface area contributed by atoms with Crippen LogP contribution in [0.1, 0.15) is 10.4 Å². The maximum atomic E-state index is 12.1. The first-order valence-electron chi connectivity index (χ1n) is 5.15. The predicted octanol–water partition coefficient (Wildman–Crippen LogP) is 3.99. The fraction of sp³-hybridized carbons (Fsp3) is 0. The summed E-state index contributed by atoms with van der Waals surface area (Å²) in [6, 6.07) is 6.36. The number of pyridine rings is 1. The Morgan fingerprint density at radius 2 is 2.11 bits per heavy atom. The minimum absolute atomic E-state index is 0.161. The van der Waals surface area contributed by atoms with E-state index in [1.807, 2.05) is 0 Å². The Morgan fingerprint density at radius 1 is 1.37 bits per heavy atom. The average molecular weight is 361 g/mol. The molecule has 0 radical (unpaired) electrons. The van der Waals surface area contributed by atoms with Crippen molar-refractivity contribution in [2.75, 3.05) is 11.1 Å². The summed E-state index contributed by atoms with van der Waals surface area (Å²) in [6.45, 7) is 0. The van der Waals surface area contributed by atoms with Gasteiger partial charge in [-0.25, -0.2) is 4.98 Å². The summed E-state index contributed by atoms with van der Waals surface area (Å²) in [4.78, 5) is 16.1. The Bertz CT molecular complexity index is 649. The van der Waals surface area contributed by atoms with E-state index < -0.39 is 5.91 Å². The van der Waals surface area contributed by atoms with Gasteiger partial charge in [-0.3, -0.25) is 4.79 Å². The molecule has 98 valence electrons. The van der Waals surface area contributed by atoms with Crippen molar-refractivity contribution in [3.05, 3.63) is 50.7 Å². The van der Waals surface area contributed by atoms with Crippen LogP contribution in [0.15, 0.2) is 35.1 Å². The van der Waals surface area contributed by atoms with Crippen molar-refractivity contribution >= 4 is 56.4 Å². The van der Waals surface area contributed by atoms with Gasteiger partial charge in [0.15, 0.2) is 0 Å². The lowest BCUT2D eigenvalue weighted by Gasteiger charge is -2.09. The molecule has 0 aliphatic carbocycles. The van der Waals surface area contributed by atoms with Gasteiger partial charge in [0, 0.05) is 11.9 Å². The van der Waals surface area contributed by atoms with Crippen LogP contribution in [0.3, 0.4) is 0 Å². The van der Waals surface area contributed by atoms with Gasteiger partial charge in [-0.2, -0.15) is 0 Å². The molecule has 0 saturated carbocycles. The molecule has 0 bridgehead atoms. The second-order valence-electron chi connectivity index (χ2n) is 3.66. The third kappa shape index (κ3) is 3.18. The molecule has 2 aromatic rings. The molecule has 1 aromatic heterocycles. The third-order valence-corrected chi connectivity index (χ3v) is 3.74. The second kappa shape index (κ2) is 5.77. The zero-order chi connectivity index (χ0) is 14.0. The molecule has 0 atom stereocenters. The molecule has 4 nitrogen and oxygen atoms in total. The van der Waals surface area contributed by atoms with Gasteiger partial charge in [-0.05, 0) is 40.2 Å². The lowest BCUT2D eigenvalue weighted by molar-refractivity contribution is 0.102. The molecule has 0 aliphatic rings. The van der Waals surface area contributed by atoms with Crippen LogP contribution in [0.25, 0.3) is 0 Å². The topological polar surface area (TPSA) is 68.0 Å². The summed E-state index contributed by atoms with van der Waals surface area (Å²) in [5, 5.41) is 3.07. The number of nitrogens with two attached hydrogens (primary N) is 1. The summed E-state index contributed by atoms with van der Waals surface area (Å²) in [6.07, 6.45) is 1.60. The smallest absolute Gasteiger partial charge is 0.257 e. The molecule has 0 unspecified atom stereocenters. The molecule has 1 aromatic carbocycles. The largest absolute Gasteiger partial charge is 0.399 e. The number of rotatable bonds is 2. The van der Waals surface area contributed by atoms with Crippen LogP contribution < -0.4 is 11.1 Å². The molecule has 0 fully saturated rings. The molecule has 1 amide bonds. The van der Waals surface area contributed by atoms with Gasteiger partial charge in [0.1, 0.15) is 4.60 Å². The van der Waals surface area contributed by atoms with Gasteiger partial charge < -0.3 is 11.1 Å². The Morgan fingerprint density at radius 3 is 2.79 bits per heavy atom. The first-order valence-corrected chi connectivity index (χ1v) is 6.70. The highest BCUT2D eigenvalue weighted by Gasteiger charge is 2.15. The summed E-state index contributed by atoms with van der Waals surface area (Å²) in [7, 11) is 0. The molecular weight excluding hydrogens is 353 g/mol. The fourth-order valence-electron chi connectivity index (χ4n) is 1.44. The van der Waals surface area contributed by atoms with Crippen LogP contribution >= 0.6 is 39.1 Å². The van der Waals surface area contributed by atoms with Crippen molar-refractivity contribution in [1.29, 1.82) is 0 Å². The predicted molar refractivity (Wildman–Crippen MR) is 80.8 cm³/mol. The monoisotopic (exact) mass is 359 g/mol. The maximum absolute atomic E-state index is 12.1. The van der Waals surface area contributed by atoms with Crippen LogP contribution in [0, 0.1) is 0 Å². The Labute approximate surface area is 128 Å². The standard InChI is InChI=1S/C12H8BrCl2N3O/c13-11-9(2-1-3-17-11)18-12(19)7-4-6(16)5-8(14)10(7)15/h1-5H,16H2,(H,18,19). The number of aromatic nitrogens is 1. The number of hydrogen-bond acceptors (Lipinski definition) is 3. The number of benzene rings is 1. The van der Waals surface area contributed by atoms with Crippen LogP contribution in [0.5, 0.6) is 0 Å². The van der Waals surface area contributed by atoms with Gasteiger partial charge in [0.25, 0.3) is 5.91 Å². The number of halogens is 3. The van der Waals surface area contributed by atoms with Crippen molar-refractivity contribution in [3.8, 4) is 0 Å². The van der Waals surface area contributed by atoms with E-state index in [1.165, 1.54) is 12.1 Å². The molecular formula is C12H8BrCl2N3O. The number of carbonyl (C=O) groups excluding carboxylic acids is 1. The molecule has 2 rings (SSSR count). The Balaban J connectivity index is 2.33. The number of nitrogen functional groups attached to an aromatic ring is 1. The van der Waals surface area contributed by atoms with E-state index in [9.17, 15) is 4.79 Å². The number of amides is 1. The molecule has 0 saturated heterocycles. The normalized spacial score (nSPS) is 10.3. The Hall–Kier alpha value is -1.30. The van der Waals surface area contributed by atoms with Crippen molar-refractivity contribution < 1.29 is 4.79 Å². The van der Waals surface area contributed by atoms with Crippen molar-refractivity contribution in [2.45, 2.75) is 0 Å². The van der Waals surface area contributed by atoms with Crippen molar-refractivity contribution in [1.82, 2.24) is 4.98 Å². The van der Waals surface area contributed by atoms with Crippen LogP contribution in [0.4, 0.5) is 11.4 Å². The van der Waals surface area contributed by atoms with Gasteiger partial charge in [0.2, 0.25) is 0 Å². The van der Waals surface area contributed by atoms with Crippen molar-refractivity contribution in [3.63, 3.8) is 0 Å². The summed E-state index contributed by atoms with van der Waals surface area (Å²) in [5.74, 6) is -0.409. The second-order valence-corrected chi connectivity index (χ2v) is 5.20. The quantitative estimate of drug-likeness (QED) is 0.628. The van der Waals surface area contributed by atoms with E-state index >= 15 is 0 Å². The minimum Gasteiger partial charge on any atom is -0.399 e. The summed E-state index contributed by atoms with van der Waals surface area (Å²) < 4.78 is 0.523. The molecule has 1 heterocycles. The molecule has 19 heavy (non-hydrogen) atoms. The first kappa shape index (κ1) is 14.1. The zero-order valence-electron chi connectivity index (χ0n) is 9.45. The number of nitrogens with zero attached hydrogens (tertiary/aromatic N) is 1. The number of hydrogen-bond donors (Lipinski definition) is 2. The third-order valence-electron chi connectivity index (χ3n) is 2.30. The minimum atomic E-state index is -0.409. The average Bonchev–Trinajstić information content (AvgIpc) is 2.36. The van der Waals surface area contributed by atoms with E-state index in [0.29, 0.717) is 16.0 Å². The van der Waals surface area contributed by atoms with E-state index in [1.54, 1.807) is 18.3 Å². The van der Waals surface area contributed by atoms with Crippen molar-refractivity contribution in [2.24, 2.45) is 0 Å². The van der Waals surface area contributed by atoms with Gasteiger partial charge >= 0.3 is 0 Å². The van der Waals surface area contributed by atoms with E-state index in [2.05, 4.69) is 26.2 Å². The lowest BCUT2D eigenvalue weighted by Crippen LogP contribution is -2.13. The van der Waals surface area contributed by atoms with Crippen LogP contribution in [-0.4, -0.2) is 10.9 Å². The first-order chi connectivity index (χ1) is 8.99. The molecule has 3 N–H and O–H groups in total. The highest BCUT2D eigenvalue weighted by Crippen LogP contribution is 2.29. The van der Waals surface area contributed by atoms with Gasteiger partial charge in [0.05, 0.1) is 21.3 Å². The van der Waals surface area contributed by atoms with Crippen LogP contribution in [-0.2, 0) is 0 Å². The number of nitrogens with one attached hydrogen (secondary N) is 1. The Kier molecular flexibility index (Phi) is 4.29. The van der Waals surface area contributed by atoms with Crippen LogP contribution in [0.2, 0.25) is 10.0 Å². The summed E-state index contributed by atoms with van der Waals surface area (Å²) >= 11 is 15.1.